The zero-order valence-electron chi connectivity index (χ0n) is 10.6. The van der Waals surface area contributed by atoms with Crippen LogP contribution in [0.4, 0.5) is 11.5 Å². The zero-order chi connectivity index (χ0) is 13.2. The fourth-order valence-corrected chi connectivity index (χ4v) is 1.23. The molecule has 0 aliphatic heterocycles. The molecule has 0 saturated carbocycles. The van der Waals surface area contributed by atoms with Crippen LogP contribution in [-0.4, -0.2) is 18.4 Å². The quantitative estimate of drug-likeness (QED) is 0.815. The standard InChI is InChI=1S/C8H9NO.C6H8N2/c1-7-2-4-8(5-3-7)9-6-10;1-7-6-4-2-3-5-8-6/h2-6H,1H3,(H,9,10);2-5H,1H3,(H,7,8). The summed E-state index contributed by atoms with van der Waals surface area (Å²) in [5, 5.41) is 5.47. The molecular formula is C14H17N3O. The van der Waals surface area contributed by atoms with Crippen LogP contribution in [0.1, 0.15) is 5.56 Å². The van der Waals surface area contributed by atoms with E-state index in [-0.39, 0.29) is 0 Å². The topological polar surface area (TPSA) is 54.0 Å². The first-order chi connectivity index (χ1) is 8.76. The molecule has 0 spiro atoms. The summed E-state index contributed by atoms with van der Waals surface area (Å²) in [4.78, 5) is 13.9. The maximum Gasteiger partial charge on any atom is 0.211 e. The van der Waals surface area contributed by atoms with E-state index in [1.807, 2.05) is 56.4 Å². The average Bonchev–Trinajstić information content (AvgIpc) is 2.43. The van der Waals surface area contributed by atoms with Gasteiger partial charge in [0.05, 0.1) is 0 Å². The number of rotatable bonds is 3. The van der Waals surface area contributed by atoms with E-state index < -0.39 is 0 Å². The highest BCUT2D eigenvalue weighted by Gasteiger charge is 1.86. The Morgan fingerprint density at radius 2 is 1.83 bits per heavy atom. The Labute approximate surface area is 107 Å². The first-order valence-corrected chi connectivity index (χ1v) is 5.62. The van der Waals surface area contributed by atoms with E-state index in [0.717, 1.165) is 11.5 Å². The van der Waals surface area contributed by atoms with Crippen molar-refractivity contribution in [3.8, 4) is 0 Å². The predicted molar refractivity (Wildman–Crippen MR) is 74.6 cm³/mol. The molecule has 94 valence electrons. The molecule has 2 rings (SSSR count). The third kappa shape index (κ3) is 5.12. The lowest BCUT2D eigenvalue weighted by atomic mass is 10.2. The van der Waals surface area contributed by atoms with E-state index in [0.29, 0.717) is 6.41 Å². The van der Waals surface area contributed by atoms with Crippen molar-refractivity contribution in [2.75, 3.05) is 17.7 Å². The number of pyridine rings is 1. The molecule has 0 atom stereocenters. The second kappa shape index (κ2) is 7.84. The fraction of sp³-hybridized carbons (Fsp3) is 0.143. The second-order valence-electron chi connectivity index (χ2n) is 3.59. The van der Waals surface area contributed by atoms with Gasteiger partial charge in [-0.15, -0.1) is 0 Å². The third-order valence-corrected chi connectivity index (χ3v) is 2.20. The van der Waals surface area contributed by atoms with E-state index >= 15 is 0 Å². The monoisotopic (exact) mass is 243 g/mol. The van der Waals surface area contributed by atoms with Crippen molar-refractivity contribution in [3.05, 3.63) is 54.2 Å². The molecule has 0 radical (unpaired) electrons. The third-order valence-electron chi connectivity index (χ3n) is 2.20. The normalized spacial score (nSPS) is 8.78. The molecule has 1 aromatic carbocycles. The summed E-state index contributed by atoms with van der Waals surface area (Å²) in [6.45, 7) is 2.00. The molecule has 18 heavy (non-hydrogen) atoms. The highest BCUT2D eigenvalue weighted by Crippen LogP contribution is 2.06. The van der Waals surface area contributed by atoms with Crippen molar-refractivity contribution in [3.63, 3.8) is 0 Å². The number of anilines is 2. The summed E-state index contributed by atoms with van der Waals surface area (Å²) in [6.07, 6.45) is 2.43. The van der Waals surface area contributed by atoms with Gasteiger partial charge < -0.3 is 10.6 Å². The molecule has 0 fully saturated rings. The Bertz CT molecular complexity index is 454. The number of hydrogen-bond acceptors (Lipinski definition) is 3. The van der Waals surface area contributed by atoms with Crippen molar-refractivity contribution >= 4 is 17.9 Å². The predicted octanol–water partition coefficient (Wildman–Crippen LogP) is 2.69. The number of amides is 1. The molecule has 4 heteroatoms. The van der Waals surface area contributed by atoms with Gasteiger partial charge >= 0.3 is 0 Å². The summed E-state index contributed by atoms with van der Waals surface area (Å²) in [5.74, 6) is 0.910. The van der Waals surface area contributed by atoms with Crippen molar-refractivity contribution in [2.45, 2.75) is 6.92 Å². The molecule has 1 amide bonds. The average molecular weight is 243 g/mol. The lowest BCUT2D eigenvalue weighted by Crippen LogP contribution is -1.92. The molecule has 1 heterocycles. The molecule has 0 saturated heterocycles. The van der Waals surface area contributed by atoms with Crippen LogP contribution in [0.25, 0.3) is 0 Å². The number of carbonyl (C=O) groups excluding carboxylic acids is 1. The van der Waals surface area contributed by atoms with E-state index in [1.165, 1.54) is 5.56 Å². The van der Waals surface area contributed by atoms with Crippen molar-refractivity contribution in [1.82, 2.24) is 4.98 Å². The smallest absolute Gasteiger partial charge is 0.211 e. The number of hydrogen-bond donors (Lipinski definition) is 2. The van der Waals surface area contributed by atoms with Crippen molar-refractivity contribution < 1.29 is 4.79 Å². The van der Waals surface area contributed by atoms with E-state index in [2.05, 4.69) is 15.6 Å². The first-order valence-electron chi connectivity index (χ1n) is 5.62. The maximum atomic E-state index is 9.95. The van der Waals surface area contributed by atoms with E-state index in [4.69, 9.17) is 0 Å². The van der Waals surface area contributed by atoms with Crippen LogP contribution in [0.2, 0.25) is 0 Å². The summed E-state index contributed by atoms with van der Waals surface area (Å²) < 4.78 is 0. The highest BCUT2D eigenvalue weighted by molar-refractivity contribution is 5.70. The molecule has 0 aliphatic carbocycles. The SMILES string of the molecule is CNc1ccccn1.Cc1ccc(NC=O)cc1. The lowest BCUT2D eigenvalue weighted by Gasteiger charge is -1.96. The van der Waals surface area contributed by atoms with Crippen LogP contribution >= 0.6 is 0 Å². The molecule has 2 N–H and O–H groups in total. The van der Waals surface area contributed by atoms with Gasteiger partial charge in [0.25, 0.3) is 0 Å². The van der Waals surface area contributed by atoms with Gasteiger partial charge in [-0.3, -0.25) is 4.79 Å². The van der Waals surface area contributed by atoms with Gasteiger partial charge in [-0.25, -0.2) is 4.98 Å². The van der Waals surface area contributed by atoms with Crippen LogP contribution in [0.3, 0.4) is 0 Å². The van der Waals surface area contributed by atoms with Gasteiger partial charge in [-0.05, 0) is 31.2 Å². The van der Waals surface area contributed by atoms with E-state index in [9.17, 15) is 4.79 Å². The number of carbonyl (C=O) groups is 1. The Hall–Kier alpha value is -2.36. The van der Waals surface area contributed by atoms with Gasteiger partial charge in [-0.2, -0.15) is 0 Å². The fourth-order valence-electron chi connectivity index (χ4n) is 1.23. The summed E-state index contributed by atoms with van der Waals surface area (Å²) in [6, 6.07) is 13.4. The zero-order valence-corrected chi connectivity index (χ0v) is 10.6. The van der Waals surface area contributed by atoms with Crippen LogP contribution < -0.4 is 10.6 Å². The summed E-state index contributed by atoms with van der Waals surface area (Å²) in [5.41, 5.74) is 2.03. The molecule has 4 nitrogen and oxygen atoms in total. The van der Waals surface area contributed by atoms with Crippen LogP contribution in [-0.2, 0) is 4.79 Å². The van der Waals surface area contributed by atoms with Gasteiger partial charge in [0, 0.05) is 18.9 Å². The maximum absolute atomic E-state index is 9.95. The van der Waals surface area contributed by atoms with E-state index in [1.54, 1.807) is 6.20 Å². The van der Waals surface area contributed by atoms with Crippen LogP contribution in [0, 0.1) is 6.92 Å². The molecule has 0 unspecified atom stereocenters. The van der Waals surface area contributed by atoms with Gasteiger partial charge in [0.15, 0.2) is 0 Å². The number of benzene rings is 1. The summed E-state index contributed by atoms with van der Waals surface area (Å²) in [7, 11) is 1.85. The molecule has 1 aromatic heterocycles. The summed E-state index contributed by atoms with van der Waals surface area (Å²) >= 11 is 0. The van der Waals surface area contributed by atoms with Gasteiger partial charge in [0.1, 0.15) is 5.82 Å². The molecule has 0 bridgehead atoms. The second-order valence-corrected chi connectivity index (χ2v) is 3.59. The largest absolute Gasteiger partial charge is 0.373 e. The Balaban J connectivity index is 0.000000184. The van der Waals surface area contributed by atoms with Crippen LogP contribution in [0.15, 0.2) is 48.7 Å². The minimum atomic E-state index is 0.671. The van der Waals surface area contributed by atoms with Crippen molar-refractivity contribution in [2.24, 2.45) is 0 Å². The van der Waals surface area contributed by atoms with Gasteiger partial charge in [-0.1, -0.05) is 23.8 Å². The molecule has 0 aliphatic rings. The molecular weight excluding hydrogens is 226 g/mol. The van der Waals surface area contributed by atoms with Gasteiger partial charge in [0.2, 0.25) is 6.41 Å². The first kappa shape index (κ1) is 13.7. The number of nitrogens with one attached hydrogen (secondary N) is 2. The Morgan fingerprint density at radius 1 is 1.11 bits per heavy atom. The van der Waals surface area contributed by atoms with Crippen LogP contribution in [0.5, 0.6) is 0 Å². The molecule has 2 aromatic rings. The lowest BCUT2D eigenvalue weighted by molar-refractivity contribution is -0.105. The minimum absolute atomic E-state index is 0.671. The number of aryl methyl sites for hydroxylation is 1. The van der Waals surface area contributed by atoms with Crippen molar-refractivity contribution in [1.29, 1.82) is 0 Å². The Morgan fingerprint density at radius 3 is 2.28 bits per heavy atom. The number of aromatic nitrogens is 1. The minimum Gasteiger partial charge on any atom is -0.373 e. The number of nitrogens with zero attached hydrogens (tertiary/aromatic N) is 1. The Kier molecular flexibility index (Phi) is 5.97. The highest BCUT2D eigenvalue weighted by atomic mass is 16.1.